The van der Waals surface area contributed by atoms with Gasteiger partial charge in [-0.2, -0.15) is 0 Å². The molecule has 0 aromatic carbocycles. The van der Waals surface area contributed by atoms with Gasteiger partial charge in [0.05, 0.1) is 51.5 Å². The molecule has 0 aromatic rings. The molecule has 15 unspecified atom stereocenters. The van der Waals surface area contributed by atoms with Gasteiger partial charge in [0, 0.05) is 5.92 Å². The molecule has 0 radical (unpaired) electrons. The lowest BCUT2D eigenvalue weighted by Crippen LogP contribution is -2.46. The molecule has 0 spiro atoms. The third kappa shape index (κ3) is 31.0. The van der Waals surface area contributed by atoms with E-state index < -0.39 is 23.4 Å². The summed E-state index contributed by atoms with van der Waals surface area (Å²) in [6.07, 6.45) is 36.0. The first-order chi connectivity index (χ1) is 43.9. The Kier molecular flexibility index (Phi) is 58.6. The first-order valence-corrected chi connectivity index (χ1v) is 39.0. The SMILES string of the molecule is C.C.C.C.C.C.C.C.C.C.C.C.C.C.C.CCC(C)(C)C(=O)OC(C)(C)C1CCCC1.CCC(C)(C)C(=O)OC(C)(C)C1CCCCC1.CCC(C)(C)C(=O)OC(C)OC1CC2CC1C1C3CCC(C3)C21.CCC(C)(C)C(=O)OC(C)OC1CC2CCC1C2.CCC(C)(C)C(=O)OC1(C2CC3CCC2O3)CCCC1. The molecule has 13 nitrogen and oxygen atoms in total. The Morgan fingerprint density at radius 3 is 1.11 bits per heavy atom. The summed E-state index contributed by atoms with van der Waals surface area (Å²) in [6, 6.07) is 0. The molecule has 109 heavy (non-hydrogen) atoms. The van der Waals surface area contributed by atoms with Crippen molar-refractivity contribution in [3.8, 4) is 0 Å². The first-order valence-electron chi connectivity index (χ1n) is 39.0. The Labute approximate surface area is 683 Å². The Morgan fingerprint density at radius 1 is 0.367 bits per heavy atom. The molecule has 11 rings (SSSR count). The summed E-state index contributed by atoms with van der Waals surface area (Å²) in [5.41, 5.74) is -2.71. The fraction of sp³-hybridized carbons (Fsp3) is 0.948. The van der Waals surface area contributed by atoms with E-state index in [0.717, 1.165) is 106 Å². The summed E-state index contributed by atoms with van der Waals surface area (Å²) in [4.78, 5) is 60.9. The molecule has 662 valence electrons. The van der Waals surface area contributed by atoms with Gasteiger partial charge in [0.15, 0.2) is 12.6 Å². The largest absolute Gasteiger partial charge is 0.459 e. The molecule has 2 heterocycles. The number of fused-ring (bicyclic) bond motifs is 13. The summed E-state index contributed by atoms with van der Waals surface area (Å²) < 4.78 is 46.9. The van der Waals surface area contributed by atoms with Crippen LogP contribution in [0.3, 0.4) is 0 Å². The summed E-state index contributed by atoms with van der Waals surface area (Å²) in [5.74, 6) is 8.26. The predicted octanol–water partition coefficient (Wildman–Crippen LogP) is 29.6. The van der Waals surface area contributed by atoms with Crippen LogP contribution in [-0.2, 0) is 61.9 Å². The highest BCUT2D eigenvalue weighted by Crippen LogP contribution is 2.68. The van der Waals surface area contributed by atoms with E-state index in [4.69, 9.17) is 37.9 Å². The molecule has 11 fully saturated rings. The average molecular weight is 1560 g/mol. The standard InChI is InChI=1S/C20H32O3.C17H28O3.C15H26O3.C15H28O2.C14H26O2.15CH4/c1-5-20(3,4)19(21)23-11(2)22-16-10-14-9-15(16)18-13-7-6-12(8-13)17(14)18;1-4-16(2,3)15(18)20-17(9-5-6-10-17)13-11-12-7-8-14(13)19-12;1-5-15(3,4)14(16)18-10(2)17-13-9-11-6-7-12(13)8-11;1-6-14(2,3)13(16)17-15(4,5)12-10-8-7-9-11-12;1-6-13(2,3)12(15)16-14(4,5)11-9-7-8-10-11;;;;;;;;;;;;;;;/h11-18H,5-10H2,1-4H3;12-14H,4-11H2,1-3H3;10-13H,5-9H2,1-4H3;12H,6-11H2,1-5H3;11H,6-10H2,1-5H3;15*1H4. The Hall–Kier alpha value is -2.77. The van der Waals surface area contributed by atoms with E-state index >= 15 is 0 Å². The van der Waals surface area contributed by atoms with Gasteiger partial charge in [-0.25, -0.2) is 0 Å². The van der Waals surface area contributed by atoms with Gasteiger partial charge in [-0.1, -0.05) is 178 Å². The Balaban J connectivity index is -0.000000159. The maximum atomic E-state index is 12.6. The minimum absolute atomic E-state index is 0. The van der Waals surface area contributed by atoms with Gasteiger partial charge in [0.25, 0.3) is 0 Å². The number of hydrogen-bond acceptors (Lipinski definition) is 13. The average Bonchev–Trinajstić information content (AvgIpc) is 1.55. The zero-order valence-corrected chi connectivity index (χ0v) is 63.8. The maximum absolute atomic E-state index is 12.6. The number of carbonyl (C=O) groups excluding carboxylic acids is 5. The van der Waals surface area contributed by atoms with Gasteiger partial charge in [0.1, 0.15) is 16.8 Å². The van der Waals surface area contributed by atoms with Crippen molar-refractivity contribution in [1.29, 1.82) is 0 Å². The van der Waals surface area contributed by atoms with Crippen molar-refractivity contribution in [2.75, 3.05) is 0 Å². The van der Waals surface area contributed by atoms with Gasteiger partial charge in [-0.3, -0.25) is 24.0 Å². The van der Waals surface area contributed by atoms with E-state index in [-0.39, 0.29) is 174 Å². The van der Waals surface area contributed by atoms with E-state index in [1.165, 1.54) is 128 Å². The highest BCUT2D eigenvalue weighted by atomic mass is 16.7. The first kappa shape index (κ1) is 124. The van der Waals surface area contributed by atoms with Crippen LogP contribution in [0.15, 0.2) is 0 Å². The molecule has 2 aliphatic heterocycles. The summed E-state index contributed by atoms with van der Waals surface area (Å²) in [6.45, 7) is 41.7. The van der Waals surface area contributed by atoms with Crippen molar-refractivity contribution in [2.45, 2.75) is 503 Å². The molecule has 9 saturated carbocycles. The van der Waals surface area contributed by atoms with E-state index in [1.54, 1.807) is 0 Å². The molecule has 13 heteroatoms. The maximum Gasteiger partial charge on any atom is 0.313 e. The van der Waals surface area contributed by atoms with Crippen LogP contribution in [0, 0.1) is 92.2 Å². The van der Waals surface area contributed by atoms with Crippen LogP contribution in [0.4, 0.5) is 0 Å². The summed E-state index contributed by atoms with van der Waals surface area (Å²) >= 11 is 0. The van der Waals surface area contributed by atoms with Crippen LogP contribution < -0.4 is 0 Å². The molecule has 0 N–H and O–H groups in total. The second kappa shape index (κ2) is 51.3. The number of ether oxygens (including phenoxy) is 8. The molecular formula is C96H200O13. The molecule has 0 amide bonds. The topological polar surface area (TPSA) is 159 Å². The zero-order valence-electron chi connectivity index (χ0n) is 63.8. The minimum atomic E-state index is -0.415. The second-order valence-electron chi connectivity index (χ2n) is 36.2. The van der Waals surface area contributed by atoms with Crippen LogP contribution in [0.5, 0.6) is 0 Å². The second-order valence-corrected chi connectivity index (χ2v) is 36.2. The molecule has 11 aliphatic rings. The van der Waals surface area contributed by atoms with Crippen LogP contribution in [0.25, 0.3) is 0 Å². The van der Waals surface area contributed by atoms with Crippen LogP contribution in [0.1, 0.15) is 449 Å². The van der Waals surface area contributed by atoms with Crippen molar-refractivity contribution in [1.82, 2.24) is 0 Å². The van der Waals surface area contributed by atoms with Crippen LogP contribution in [0.2, 0.25) is 0 Å². The van der Waals surface area contributed by atoms with Crippen molar-refractivity contribution < 1.29 is 61.9 Å². The summed E-state index contributed by atoms with van der Waals surface area (Å²) in [7, 11) is 0. The zero-order chi connectivity index (χ0) is 69.6. The third-order valence-electron chi connectivity index (χ3n) is 27.0. The van der Waals surface area contributed by atoms with Gasteiger partial charge in [-0.05, 0) is 330 Å². The lowest BCUT2D eigenvalue weighted by atomic mass is 9.70. The normalized spacial score (nSPS) is 27.2. The van der Waals surface area contributed by atoms with Crippen molar-refractivity contribution in [3.63, 3.8) is 0 Å². The third-order valence-corrected chi connectivity index (χ3v) is 27.0. The highest BCUT2D eigenvalue weighted by Gasteiger charge is 2.63. The van der Waals surface area contributed by atoms with Crippen molar-refractivity contribution in [3.05, 3.63) is 0 Å². The van der Waals surface area contributed by atoms with E-state index in [9.17, 15) is 24.0 Å². The molecule has 8 bridgehead atoms. The Morgan fingerprint density at radius 2 is 0.743 bits per heavy atom. The highest BCUT2D eigenvalue weighted by molar-refractivity contribution is 5.78. The number of rotatable bonds is 22. The van der Waals surface area contributed by atoms with Gasteiger partial charge < -0.3 is 37.9 Å². The van der Waals surface area contributed by atoms with Gasteiger partial charge in [0.2, 0.25) is 0 Å². The number of esters is 5. The fourth-order valence-corrected chi connectivity index (χ4v) is 18.3. The molecule has 15 atom stereocenters. The van der Waals surface area contributed by atoms with Crippen LogP contribution >= 0.6 is 0 Å². The molecule has 9 aliphatic carbocycles. The number of hydrogen-bond donors (Lipinski definition) is 0. The molecule has 0 aromatic heterocycles. The van der Waals surface area contributed by atoms with Crippen LogP contribution in [-0.4, -0.2) is 83.6 Å². The van der Waals surface area contributed by atoms with Crippen molar-refractivity contribution >= 4 is 29.8 Å². The molecule has 2 saturated heterocycles. The Bertz CT molecular complexity index is 2460. The lowest BCUT2D eigenvalue weighted by molar-refractivity contribution is -0.202. The van der Waals surface area contributed by atoms with Crippen molar-refractivity contribution in [2.24, 2.45) is 92.2 Å². The quantitative estimate of drug-likeness (QED) is 0.0437. The minimum Gasteiger partial charge on any atom is -0.459 e. The van der Waals surface area contributed by atoms with Gasteiger partial charge in [-0.15, -0.1) is 0 Å². The number of carbonyl (C=O) groups is 5. The van der Waals surface area contributed by atoms with E-state index in [2.05, 4.69) is 34.6 Å². The fourth-order valence-electron chi connectivity index (χ4n) is 18.3. The molecular weight excluding hydrogens is 1360 g/mol. The van der Waals surface area contributed by atoms with E-state index in [0.29, 0.717) is 48.1 Å². The predicted molar refractivity (Wildman–Crippen MR) is 474 cm³/mol. The van der Waals surface area contributed by atoms with E-state index in [1.807, 2.05) is 111 Å². The summed E-state index contributed by atoms with van der Waals surface area (Å²) in [5, 5.41) is 0. The van der Waals surface area contributed by atoms with Gasteiger partial charge >= 0.3 is 29.8 Å². The lowest BCUT2D eigenvalue weighted by Gasteiger charge is -2.40. The monoisotopic (exact) mass is 1560 g/mol. The smallest absolute Gasteiger partial charge is 0.313 e.